The van der Waals surface area contributed by atoms with E-state index in [9.17, 15) is 4.21 Å². The zero-order valence-electron chi connectivity index (χ0n) is 13.3. The second kappa shape index (κ2) is 7.02. The van der Waals surface area contributed by atoms with Crippen LogP contribution in [-0.2, 0) is 16.2 Å². The fraction of sp³-hybridized carbons (Fsp3) is 0.714. The van der Waals surface area contributed by atoms with Gasteiger partial charge in [-0.25, -0.2) is 9.97 Å². The molecule has 0 aromatic carbocycles. The van der Waals surface area contributed by atoms with Crippen LogP contribution in [0.1, 0.15) is 40.4 Å². The molecule has 0 fully saturated rings. The van der Waals surface area contributed by atoms with Gasteiger partial charge >= 0.3 is 0 Å². The number of nitrogens with zero attached hydrogens (tertiary/aromatic N) is 2. The van der Waals surface area contributed by atoms with E-state index in [-0.39, 0.29) is 10.7 Å². The number of rotatable bonds is 6. The van der Waals surface area contributed by atoms with Gasteiger partial charge in [0.2, 0.25) is 0 Å². The molecule has 0 amide bonds. The van der Waals surface area contributed by atoms with Gasteiger partial charge < -0.3 is 10.6 Å². The molecule has 0 aliphatic rings. The molecule has 1 rings (SSSR count). The third-order valence-electron chi connectivity index (χ3n) is 2.89. The van der Waals surface area contributed by atoms with Crippen molar-refractivity contribution in [3.05, 3.63) is 11.9 Å². The lowest BCUT2D eigenvalue weighted by Gasteiger charge is -2.19. The van der Waals surface area contributed by atoms with Crippen LogP contribution >= 0.6 is 0 Å². The number of hydrogen-bond acceptors (Lipinski definition) is 5. The highest BCUT2D eigenvalue weighted by Gasteiger charge is 2.19. The second-order valence-corrected chi connectivity index (χ2v) is 7.73. The lowest BCUT2D eigenvalue weighted by atomic mass is 9.96. The summed E-state index contributed by atoms with van der Waals surface area (Å²) in [5.74, 6) is 2.39. The molecular formula is C14H26N4OS. The van der Waals surface area contributed by atoms with Crippen LogP contribution in [0.4, 0.5) is 11.6 Å². The summed E-state index contributed by atoms with van der Waals surface area (Å²) in [6.45, 7) is 11.7. The largest absolute Gasteiger partial charge is 0.370 e. The number of hydrogen-bond donors (Lipinski definition) is 2. The Kier molecular flexibility index (Phi) is 5.92. The van der Waals surface area contributed by atoms with Crippen LogP contribution in [0.3, 0.4) is 0 Å². The maximum Gasteiger partial charge on any atom is 0.138 e. The smallest absolute Gasteiger partial charge is 0.138 e. The predicted molar refractivity (Wildman–Crippen MR) is 86.9 cm³/mol. The Bertz CT molecular complexity index is 471. The van der Waals surface area contributed by atoms with Gasteiger partial charge in [-0.1, -0.05) is 20.8 Å². The lowest BCUT2D eigenvalue weighted by molar-refractivity contribution is 0.546. The highest BCUT2D eigenvalue weighted by Crippen LogP contribution is 2.22. The van der Waals surface area contributed by atoms with Crippen molar-refractivity contribution in [2.45, 2.75) is 45.3 Å². The number of nitrogens with one attached hydrogen (secondary N) is 2. The van der Waals surface area contributed by atoms with Crippen molar-refractivity contribution in [2.75, 3.05) is 30.0 Å². The fourth-order valence-corrected chi connectivity index (χ4v) is 1.83. The summed E-state index contributed by atoms with van der Waals surface area (Å²) in [6, 6.07) is 1.89. The first-order valence-corrected chi connectivity index (χ1v) is 8.55. The number of anilines is 2. The standard InChI is InChI=1S/C14H26N4OS/c1-7-15-11-8-12(16-9-10(2)20(6)19)18-13(17-11)14(3,4)5/h8,10H,7,9H2,1-6H3,(H2,15,16,17,18). The van der Waals surface area contributed by atoms with Gasteiger partial charge in [-0.2, -0.15) is 0 Å². The zero-order chi connectivity index (χ0) is 15.3. The summed E-state index contributed by atoms with van der Waals surface area (Å²) in [5.41, 5.74) is -0.110. The molecule has 0 aliphatic heterocycles. The van der Waals surface area contributed by atoms with Crippen LogP contribution < -0.4 is 10.6 Å². The van der Waals surface area contributed by atoms with Gasteiger partial charge in [0, 0.05) is 46.9 Å². The quantitative estimate of drug-likeness (QED) is 0.844. The monoisotopic (exact) mass is 298 g/mol. The molecule has 2 N–H and O–H groups in total. The van der Waals surface area contributed by atoms with Crippen molar-refractivity contribution in [3.63, 3.8) is 0 Å². The van der Waals surface area contributed by atoms with Crippen LogP contribution in [-0.4, -0.2) is 38.8 Å². The van der Waals surface area contributed by atoms with E-state index in [1.807, 2.05) is 19.9 Å². The van der Waals surface area contributed by atoms with E-state index in [1.54, 1.807) is 6.26 Å². The molecule has 6 heteroatoms. The second-order valence-electron chi connectivity index (χ2n) is 5.93. The van der Waals surface area contributed by atoms with Gasteiger partial charge in [0.05, 0.1) is 0 Å². The first-order valence-electron chi connectivity index (χ1n) is 6.93. The molecule has 0 saturated carbocycles. The normalized spacial score (nSPS) is 14.7. The summed E-state index contributed by atoms with van der Waals surface area (Å²) in [7, 11) is -0.837. The molecule has 0 radical (unpaired) electrons. The molecule has 114 valence electrons. The minimum absolute atomic E-state index is 0.0886. The zero-order valence-corrected chi connectivity index (χ0v) is 14.1. The van der Waals surface area contributed by atoms with Crippen molar-refractivity contribution in [2.24, 2.45) is 0 Å². The molecule has 0 saturated heterocycles. The average Bonchev–Trinajstić information content (AvgIpc) is 2.35. The van der Waals surface area contributed by atoms with Gasteiger partial charge in [-0.05, 0) is 13.8 Å². The van der Waals surface area contributed by atoms with Crippen LogP contribution in [0, 0.1) is 0 Å². The fourth-order valence-electron chi connectivity index (χ4n) is 1.51. The Balaban J connectivity index is 2.94. The highest BCUT2D eigenvalue weighted by molar-refractivity contribution is 7.84. The summed E-state index contributed by atoms with van der Waals surface area (Å²) >= 11 is 0. The molecule has 20 heavy (non-hydrogen) atoms. The van der Waals surface area contributed by atoms with Gasteiger partial charge in [0.1, 0.15) is 17.5 Å². The van der Waals surface area contributed by atoms with Crippen LogP contribution in [0.15, 0.2) is 6.07 Å². The highest BCUT2D eigenvalue weighted by atomic mass is 32.2. The van der Waals surface area contributed by atoms with Crippen molar-refractivity contribution in [1.82, 2.24) is 9.97 Å². The molecule has 1 heterocycles. The van der Waals surface area contributed by atoms with E-state index in [4.69, 9.17) is 0 Å². The summed E-state index contributed by atoms with van der Waals surface area (Å²) < 4.78 is 11.4. The number of aromatic nitrogens is 2. The minimum atomic E-state index is -0.837. The lowest BCUT2D eigenvalue weighted by Crippen LogP contribution is -2.23. The van der Waals surface area contributed by atoms with Crippen LogP contribution in [0.25, 0.3) is 0 Å². The Morgan fingerprint density at radius 2 is 1.80 bits per heavy atom. The van der Waals surface area contributed by atoms with E-state index in [1.165, 1.54) is 0 Å². The van der Waals surface area contributed by atoms with Gasteiger partial charge in [-0.3, -0.25) is 4.21 Å². The Morgan fingerprint density at radius 1 is 1.25 bits per heavy atom. The molecular weight excluding hydrogens is 272 g/mol. The Morgan fingerprint density at radius 3 is 2.25 bits per heavy atom. The minimum Gasteiger partial charge on any atom is -0.370 e. The molecule has 2 atom stereocenters. The maximum atomic E-state index is 11.4. The van der Waals surface area contributed by atoms with Crippen LogP contribution in [0.2, 0.25) is 0 Å². The van der Waals surface area contributed by atoms with Crippen molar-refractivity contribution < 1.29 is 4.21 Å². The van der Waals surface area contributed by atoms with Crippen molar-refractivity contribution >= 4 is 22.4 Å². The summed E-state index contributed by atoms with van der Waals surface area (Å²) in [4.78, 5) is 9.09. The van der Waals surface area contributed by atoms with Crippen molar-refractivity contribution in [1.29, 1.82) is 0 Å². The molecule has 1 aromatic heterocycles. The maximum absolute atomic E-state index is 11.4. The average molecular weight is 298 g/mol. The topological polar surface area (TPSA) is 66.9 Å². The summed E-state index contributed by atoms with van der Waals surface area (Å²) in [5, 5.41) is 6.56. The first-order chi connectivity index (χ1) is 9.24. The third kappa shape index (κ3) is 5.07. The molecule has 1 aromatic rings. The molecule has 2 unspecified atom stereocenters. The van der Waals surface area contributed by atoms with E-state index in [0.717, 1.165) is 24.0 Å². The molecule has 0 bridgehead atoms. The van der Waals surface area contributed by atoms with Crippen molar-refractivity contribution in [3.8, 4) is 0 Å². The molecule has 5 nitrogen and oxygen atoms in total. The Labute approximate surface area is 124 Å². The Hall–Kier alpha value is -1.17. The van der Waals surface area contributed by atoms with Gasteiger partial charge in [0.25, 0.3) is 0 Å². The van der Waals surface area contributed by atoms with E-state index in [0.29, 0.717) is 6.54 Å². The van der Waals surface area contributed by atoms with E-state index in [2.05, 4.69) is 41.4 Å². The molecule has 0 aliphatic carbocycles. The third-order valence-corrected chi connectivity index (χ3v) is 4.19. The van der Waals surface area contributed by atoms with Gasteiger partial charge in [-0.15, -0.1) is 0 Å². The predicted octanol–water partition coefficient (Wildman–Crippen LogP) is 2.38. The van der Waals surface area contributed by atoms with E-state index < -0.39 is 10.8 Å². The van der Waals surface area contributed by atoms with Crippen LogP contribution in [0.5, 0.6) is 0 Å². The van der Waals surface area contributed by atoms with Gasteiger partial charge in [0.15, 0.2) is 0 Å². The first kappa shape index (κ1) is 16.9. The SMILES string of the molecule is CCNc1cc(NCC(C)S(C)=O)nc(C(C)(C)C)n1. The summed E-state index contributed by atoms with van der Waals surface area (Å²) in [6.07, 6.45) is 1.72. The molecule has 0 spiro atoms. The van der Waals surface area contributed by atoms with E-state index >= 15 is 0 Å².